The minimum absolute atomic E-state index is 0.0228. The molecule has 3 saturated carbocycles. The molecule has 8 nitrogen and oxygen atoms in total. The molecule has 8 heteroatoms. The molecule has 3 fully saturated rings. The molecule has 232 valence electrons. The number of nitro groups is 2. The summed E-state index contributed by atoms with van der Waals surface area (Å²) in [6.45, 7) is 14.2. The maximum absolute atomic E-state index is 13.0. The zero-order valence-electron chi connectivity index (χ0n) is 26.4. The van der Waals surface area contributed by atoms with Crippen LogP contribution in [0.3, 0.4) is 0 Å². The van der Waals surface area contributed by atoms with E-state index in [-0.39, 0.29) is 17.1 Å². The van der Waals surface area contributed by atoms with Crippen molar-refractivity contribution in [2.45, 2.75) is 92.6 Å². The van der Waals surface area contributed by atoms with Gasteiger partial charge >= 0.3 is 5.97 Å². The summed E-state index contributed by atoms with van der Waals surface area (Å²) in [5, 5.41) is 22.6. The van der Waals surface area contributed by atoms with Crippen LogP contribution < -0.4 is 0 Å². The van der Waals surface area contributed by atoms with E-state index >= 15 is 0 Å². The standard InChI is InChI=1S/C35H46N2O6/c1-21(2)22(3)7-8-23(4)30-11-12-31-29-10-9-25-19-28(13-15-34(25,5)32(29)14-16-35(30,31)6)43-33(38)24-17-26(36(39)40)20-27(18-24)37(41)42/h7-10,17-18,20-23,28,30-32H,11-16,19H2,1-6H3/b8-7+/t22-,23+,28-,30-,31+,32+,34+,35+/m0/s1. The van der Waals surface area contributed by atoms with Crippen LogP contribution in [0.15, 0.2) is 53.6 Å². The lowest BCUT2D eigenvalue weighted by atomic mass is 9.50. The van der Waals surface area contributed by atoms with E-state index in [1.807, 2.05) is 0 Å². The lowest BCUT2D eigenvalue weighted by molar-refractivity contribution is -0.394. The van der Waals surface area contributed by atoms with Crippen molar-refractivity contribution in [2.75, 3.05) is 0 Å². The summed E-state index contributed by atoms with van der Waals surface area (Å²) in [5.41, 5.74) is 2.08. The Morgan fingerprint density at radius 2 is 1.58 bits per heavy atom. The van der Waals surface area contributed by atoms with Crippen LogP contribution in [-0.2, 0) is 4.74 Å². The highest BCUT2D eigenvalue weighted by atomic mass is 16.6. The number of non-ortho nitro benzene ring substituents is 2. The largest absolute Gasteiger partial charge is 0.458 e. The summed E-state index contributed by atoms with van der Waals surface area (Å²) in [7, 11) is 0. The number of carbonyl (C=O) groups is 1. The zero-order valence-corrected chi connectivity index (χ0v) is 26.4. The van der Waals surface area contributed by atoms with Gasteiger partial charge in [-0.3, -0.25) is 20.2 Å². The molecular weight excluding hydrogens is 544 g/mol. The summed E-state index contributed by atoms with van der Waals surface area (Å²) < 4.78 is 5.80. The first kappa shape index (κ1) is 31.1. The van der Waals surface area contributed by atoms with Gasteiger partial charge in [0, 0.05) is 18.6 Å². The second kappa shape index (κ2) is 11.7. The van der Waals surface area contributed by atoms with Gasteiger partial charge in [0.15, 0.2) is 0 Å². The average Bonchev–Trinajstić information content (AvgIpc) is 3.32. The zero-order chi connectivity index (χ0) is 31.3. The van der Waals surface area contributed by atoms with Crippen molar-refractivity contribution < 1.29 is 19.4 Å². The summed E-state index contributed by atoms with van der Waals surface area (Å²) in [6.07, 6.45) is 16.3. The van der Waals surface area contributed by atoms with Gasteiger partial charge in [-0.25, -0.2) is 4.79 Å². The fourth-order valence-corrected chi connectivity index (χ4v) is 8.82. The predicted molar refractivity (Wildman–Crippen MR) is 166 cm³/mol. The molecular formula is C35H46N2O6. The van der Waals surface area contributed by atoms with Crippen molar-refractivity contribution >= 4 is 17.3 Å². The second-order valence-corrected chi connectivity index (χ2v) is 14.5. The maximum Gasteiger partial charge on any atom is 0.338 e. The van der Waals surface area contributed by atoms with Crippen LogP contribution in [0.5, 0.6) is 0 Å². The Labute approximate surface area is 255 Å². The van der Waals surface area contributed by atoms with E-state index in [2.05, 4.69) is 65.8 Å². The minimum atomic E-state index is -0.760. The van der Waals surface area contributed by atoms with E-state index in [0.29, 0.717) is 53.8 Å². The molecule has 1 aromatic rings. The summed E-state index contributed by atoms with van der Waals surface area (Å²) in [5.74, 6) is 2.83. The van der Waals surface area contributed by atoms with Crippen LogP contribution >= 0.6 is 0 Å². The number of esters is 1. The van der Waals surface area contributed by atoms with E-state index in [0.717, 1.165) is 24.6 Å². The molecule has 0 aliphatic heterocycles. The molecule has 0 aromatic heterocycles. The van der Waals surface area contributed by atoms with E-state index < -0.39 is 27.2 Å². The number of benzene rings is 1. The normalized spacial score (nSPS) is 33.1. The summed E-state index contributed by atoms with van der Waals surface area (Å²) in [4.78, 5) is 34.1. The van der Waals surface area contributed by atoms with Gasteiger partial charge in [-0.1, -0.05) is 77.0 Å². The maximum atomic E-state index is 13.0. The Morgan fingerprint density at radius 3 is 2.21 bits per heavy atom. The SMILES string of the molecule is CC(C)[C@@H](C)/C=C/[C@@H](C)[C@@H]1CC[C@@H]2C3=CC=C4C[C@@H](OC(=O)c5cc([N+](=O)[O-])cc([N+](=O)[O-])c5)CC[C@@]4(C)[C@@H]3CC[C@@]21C. The van der Waals surface area contributed by atoms with Crippen LogP contribution in [0.4, 0.5) is 11.4 Å². The number of hydrogen-bond donors (Lipinski definition) is 0. The number of nitro benzene ring substituents is 2. The second-order valence-electron chi connectivity index (χ2n) is 14.5. The first-order chi connectivity index (χ1) is 20.2. The number of rotatable bonds is 8. The van der Waals surface area contributed by atoms with Crippen LogP contribution in [0.25, 0.3) is 0 Å². The highest BCUT2D eigenvalue weighted by Gasteiger charge is 2.57. The van der Waals surface area contributed by atoms with Gasteiger partial charge in [0.25, 0.3) is 11.4 Å². The van der Waals surface area contributed by atoms with Gasteiger partial charge in [-0.2, -0.15) is 0 Å². The summed E-state index contributed by atoms with van der Waals surface area (Å²) in [6, 6.07) is 2.95. The Balaban J connectivity index is 1.31. The molecule has 0 saturated heterocycles. The molecule has 4 aliphatic rings. The van der Waals surface area contributed by atoms with Crippen molar-refractivity contribution in [3.63, 3.8) is 0 Å². The van der Waals surface area contributed by atoms with Gasteiger partial charge in [0.2, 0.25) is 0 Å². The van der Waals surface area contributed by atoms with Gasteiger partial charge in [-0.05, 0) is 84.9 Å². The molecule has 1 aromatic carbocycles. The number of ether oxygens (including phenoxy) is 1. The summed E-state index contributed by atoms with van der Waals surface area (Å²) >= 11 is 0. The fourth-order valence-electron chi connectivity index (χ4n) is 8.82. The van der Waals surface area contributed by atoms with Gasteiger partial charge in [-0.15, -0.1) is 0 Å². The Morgan fingerprint density at radius 1 is 0.907 bits per heavy atom. The Kier molecular flexibility index (Phi) is 8.45. The van der Waals surface area contributed by atoms with E-state index in [9.17, 15) is 25.0 Å². The van der Waals surface area contributed by atoms with Gasteiger partial charge < -0.3 is 4.74 Å². The molecule has 4 aliphatic carbocycles. The third-order valence-corrected chi connectivity index (χ3v) is 11.8. The van der Waals surface area contributed by atoms with Gasteiger partial charge in [0.05, 0.1) is 21.5 Å². The molecule has 0 bridgehead atoms. The van der Waals surface area contributed by atoms with Crippen molar-refractivity contribution in [1.82, 2.24) is 0 Å². The number of carbonyl (C=O) groups excluding carboxylic acids is 1. The Bertz CT molecular complexity index is 1360. The minimum Gasteiger partial charge on any atom is -0.458 e. The topological polar surface area (TPSA) is 113 Å². The van der Waals surface area contributed by atoms with Crippen molar-refractivity contribution in [2.24, 2.45) is 46.3 Å². The molecule has 0 amide bonds. The van der Waals surface area contributed by atoms with E-state index in [4.69, 9.17) is 4.74 Å². The Hall–Kier alpha value is -3.29. The highest BCUT2D eigenvalue weighted by Crippen LogP contribution is 2.66. The first-order valence-corrected chi connectivity index (χ1v) is 16.0. The molecule has 0 heterocycles. The molecule has 8 atom stereocenters. The highest BCUT2D eigenvalue weighted by molar-refractivity contribution is 5.91. The number of nitrogens with zero attached hydrogens (tertiary/aromatic N) is 2. The third kappa shape index (κ3) is 5.69. The lowest BCUT2D eigenvalue weighted by Crippen LogP contribution is -2.46. The van der Waals surface area contributed by atoms with Gasteiger partial charge in [0.1, 0.15) is 6.10 Å². The van der Waals surface area contributed by atoms with Crippen LogP contribution in [0.2, 0.25) is 0 Å². The lowest BCUT2D eigenvalue weighted by Gasteiger charge is -2.55. The smallest absolute Gasteiger partial charge is 0.338 e. The molecule has 0 N–H and O–H groups in total. The average molecular weight is 591 g/mol. The van der Waals surface area contributed by atoms with Crippen molar-refractivity contribution in [3.05, 3.63) is 79.4 Å². The van der Waals surface area contributed by atoms with Crippen LogP contribution in [0, 0.1) is 66.6 Å². The first-order valence-electron chi connectivity index (χ1n) is 16.0. The van der Waals surface area contributed by atoms with Crippen molar-refractivity contribution in [1.29, 1.82) is 0 Å². The van der Waals surface area contributed by atoms with E-state index in [1.54, 1.807) is 5.57 Å². The monoisotopic (exact) mass is 590 g/mol. The molecule has 5 rings (SSSR count). The molecule has 43 heavy (non-hydrogen) atoms. The van der Waals surface area contributed by atoms with Crippen LogP contribution in [-0.4, -0.2) is 21.9 Å². The number of hydrogen-bond acceptors (Lipinski definition) is 6. The molecule has 0 unspecified atom stereocenters. The number of fused-ring (bicyclic) bond motifs is 5. The third-order valence-electron chi connectivity index (χ3n) is 11.8. The number of allylic oxidation sites excluding steroid dienone is 5. The fraction of sp³-hybridized carbons (Fsp3) is 0.629. The molecule has 0 radical (unpaired) electrons. The van der Waals surface area contributed by atoms with E-state index in [1.165, 1.54) is 31.3 Å². The van der Waals surface area contributed by atoms with Crippen LogP contribution in [0.1, 0.15) is 96.8 Å². The van der Waals surface area contributed by atoms with Crippen molar-refractivity contribution in [3.8, 4) is 0 Å². The molecule has 0 spiro atoms. The quantitative estimate of drug-likeness (QED) is 0.129. The predicted octanol–water partition coefficient (Wildman–Crippen LogP) is 9.01.